The van der Waals surface area contributed by atoms with Gasteiger partial charge in [-0.05, 0) is 42.6 Å². The molecule has 0 radical (unpaired) electrons. The third-order valence-corrected chi connectivity index (χ3v) is 5.14. The Bertz CT molecular complexity index is 493. The molecule has 3 aliphatic heterocycles. The van der Waals surface area contributed by atoms with Gasteiger partial charge in [-0.2, -0.15) is 0 Å². The van der Waals surface area contributed by atoms with Gasteiger partial charge < -0.3 is 10.1 Å². The summed E-state index contributed by atoms with van der Waals surface area (Å²) in [5.74, 6) is 2.88. The minimum absolute atomic E-state index is 0.841. The van der Waals surface area contributed by atoms with E-state index in [4.69, 9.17) is 4.74 Å². The van der Waals surface area contributed by atoms with Gasteiger partial charge in [0.25, 0.3) is 0 Å². The Kier molecular flexibility index (Phi) is 3.05. The van der Waals surface area contributed by atoms with E-state index in [2.05, 4.69) is 38.3 Å². The van der Waals surface area contributed by atoms with Crippen molar-refractivity contribution in [3.63, 3.8) is 0 Å². The third-order valence-electron chi connectivity index (χ3n) is 4.68. The Morgan fingerprint density at radius 2 is 2.05 bits per heavy atom. The van der Waals surface area contributed by atoms with Crippen molar-refractivity contribution in [1.82, 2.24) is 10.2 Å². The van der Waals surface area contributed by atoms with Gasteiger partial charge in [-0.3, -0.25) is 4.90 Å². The van der Waals surface area contributed by atoms with Gasteiger partial charge in [0.2, 0.25) is 0 Å². The highest BCUT2D eigenvalue weighted by atomic mass is 79.9. The van der Waals surface area contributed by atoms with Crippen molar-refractivity contribution in [2.75, 3.05) is 32.8 Å². The monoisotopic (exact) mass is 322 g/mol. The van der Waals surface area contributed by atoms with Gasteiger partial charge in [-0.1, -0.05) is 15.9 Å². The Morgan fingerprint density at radius 1 is 1.26 bits per heavy atom. The zero-order chi connectivity index (χ0) is 12.8. The maximum absolute atomic E-state index is 5.83. The molecule has 4 rings (SSSR count). The second-order valence-electron chi connectivity index (χ2n) is 6.02. The zero-order valence-electron chi connectivity index (χ0n) is 11.0. The highest BCUT2D eigenvalue weighted by Gasteiger charge is 2.36. The van der Waals surface area contributed by atoms with E-state index in [0.29, 0.717) is 0 Å². The zero-order valence-corrected chi connectivity index (χ0v) is 12.6. The van der Waals surface area contributed by atoms with E-state index in [1.807, 2.05) is 0 Å². The van der Waals surface area contributed by atoms with Crippen LogP contribution in [0.15, 0.2) is 16.6 Å². The third kappa shape index (κ3) is 2.20. The average Bonchev–Trinajstić information content (AvgIpc) is 3.02. The van der Waals surface area contributed by atoms with Gasteiger partial charge >= 0.3 is 0 Å². The highest BCUT2D eigenvalue weighted by molar-refractivity contribution is 9.10. The summed E-state index contributed by atoms with van der Waals surface area (Å²) in [6, 6.07) is 4.44. The minimum Gasteiger partial charge on any atom is -0.493 e. The smallest absolute Gasteiger partial charge is 0.127 e. The van der Waals surface area contributed by atoms with Crippen LogP contribution in [-0.4, -0.2) is 37.7 Å². The molecule has 2 unspecified atom stereocenters. The topological polar surface area (TPSA) is 24.5 Å². The normalized spacial score (nSPS) is 29.3. The van der Waals surface area contributed by atoms with Gasteiger partial charge in [0.05, 0.1) is 6.61 Å². The molecular formula is C15H19BrN2O. The maximum Gasteiger partial charge on any atom is 0.127 e. The molecule has 2 atom stereocenters. The van der Waals surface area contributed by atoms with Crippen molar-refractivity contribution in [3.8, 4) is 5.75 Å². The molecule has 0 aliphatic carbocycles. The predicted molar refractivity (Wildman–Crippen MR) is 78.5 cm³/mol. The van der Waals surface area contributed by atoms with Crippen LogP contribution in [0.5, 0.6) is 5.75 Å². The minimum atomic E-state index is 0.841. The first kappa shape index (κ1) is 12.2. The van der Waals surface area contributed by atoms with E-state index >= 15 is 0 Å². The van der Waals surface area contributed by atoms with Gasteiger partial charge in [0, 0.05) is 36.1 Å². The Hall–Kier alpha value is -0.580. The average molecular weight is 323 g/mol. The number of rotatable bonds is 2. The first-order valence-corrected chi connectivity index (χ1v) is 7.96. The summed E-state index contributed by atoms with van der Waals surface area (Å²) in [4.78, 5) is 2.60. The summed E-state index contributed by atoms with van der Waals surface area (Å²) in [6.07, 6.45) is 1.05. The second-order valence-corrected chi connectivity index (χ2v) is 6.94. The molecule has 1 aromatic rings. The summed E-state index contributed by atoms with van der Waals surface area (Å²) >= 11 is 3.63. The number of nitrogens with one attached hydrogen (secondary N) is 1. The molecule has 0 aromatic heterocycles. The number of benzene rings is 1. The van der Waals surface area contributed by atoms with E-state index in [1.165, 1.54) is 41.8 Å². The van der Waals surface area contributed by atoms with Crippen LogP contribution in [0.3, 0.4) is 0 Å². The lowest BCUT2D eigenvalue weighted by molar-refractivity contribution is 0.294. The van der Waals surface area contributed by atoms with Crippen LogP contribution in [0.2, 0.25) is 0 Å². The van der Waals surface area contributed by atoms with E-state index in [-0.39, 0.29) is 0 Å². The fraction of sp³-hybridized carbons (Fsp3) is 0.600. The van der Waals surface area contributed by atoms with Crippen LogP contribution < -0.4 is 10.1 Å². The van der Waals surface area contributed by atoms with Gasteiger partial charge in [0.15, 0.2) is 0 Å². The summed E-state index contributed by atoms with van der Waals surface area (Å²) < 4.78 is 7.02. The second kappa shape index (κ2) is 4.76. The molecule has 0 saturated carbocycles. The molecule has 19 heavy (non-hydrogen) atoms. The van der Waals surface area contributed by atoms with E-state index in [9.17, 15) is 0 Å². The largest absolute Gasteiger partial charge is 0.493 e. The maximum atomic E-state index is 5.83. The summed E-state index contributed by atoms with van der Waals surface area (Å²) in [6.45, 7) is 6.75. The molecule has 3 heterocycles. The fourth-order valence-corrected chi connectivity index (χ4v) is 4.34. The van der Waals surface area contributed by atoms with E-state index in [1.54, 1.807) is 0 Å². The quantitative estimate of drug-likeness (QED) is 0.901. The summed E-state index contributed by atoms with van der Waals surface area (Å²) in [5, 5.41) is 3.50. The number of nitrogens with zero attached hydrogens (tertiary/aromatic N) is 1. The Labute approximate surface area is 122 Å². The molecule has 0 amide bonds. The van der Waals surface area contributed by atoms with Crippen LogP contribution in [-0.2, 0) is 13.0 Å². The van der Waals surface area contributed by atoms with Crippen molar-refractivity contribution >= 4 is 15.9 Å². The highest BCUT2D eigenvalue weighted by Crippen LogP contribution is 2.35. The van der Waals surface area contributed by atoms with Gasteiger partial charge in [-0.25, -0.2) is 0 Å². The number of hydrogen-bond acceptors (Lipinski definition) is 3. The van der Waals surface area contributed by atoms with Crippen molar-refractivity contribution < 1.29 is 4.74 Å². The molecular weight excluding hydrogens is 304 g/mol. The molecule has 4 heteroatoms. The van der Waals surface area contributed by atoms with Gasteiger partial charge in [-0.15, -0.1) is 0 Å². The molecule has 3 aliphatic rings. The number of ether oxygens (including phenoxy) is 1. The van der Waals surface area contributed by atoms with Crippen LogP contribution in [0, 0.1) is 11.8 Å². The molecule has 2 saturated heterocycles. The summed E-state index contributed by atoms with van der Waals surface area (Å²) in [5.41, 5.74) is 2.72. The molecule has 102 valence electrons. The van der Waals surface area contributed by atoms with Crippen LogP contribution in [0.25, 0.3) is 0 Å². The number of hydrogen-bond donors (Lipinski definition) is 1. The molecule has 1 aromatic carbocycles. The molecule has 1 N–H and O–H groups in total. The van der Waals surface area contributed by atoms with Crippen molar-refractivity contribution in [2.45, 2.75) is 13.0 Å². The first-order valence-electron chi connectivity index (χ1n) is 7.17. The molecule has 3 nitrogen and oxygen atoms in total. The van der Waals surface area contributed by atoms with Crippen LogP contribution in [0.1, 0.15) is 11.1 Å². The van der Waals surface area contributed by atoms with E-state index < -0.39 is 0 Å². The molecule has 0 bridgehead atoms. The number of halogens is 1. The fourth-order valence-electron chi connectivity index (χ4n) is 3.79. The number of fused-ring (bicyclic) bond motifs is 2. The lowest BCUT2D eigenvalue weighted by atomic mass is 10.0. The SMILES string of the molecule is Brc1cc2c(c(CN3CC4CNCC4C3)c1)OCC2. The van der Waals surface area contributed by atoms with Crippen molar-refractivity contribution in [1.29, 1.82) is 0 Å². The summed E-state index contributed by atoms with van der Waals surface area (Å²) in [7, 11) is 0. The predicted octanol–water partition coefficient (Wildman–Crippen LogP) is 2.04. The Balaban J connectivity index is 1.54. The van der Waals surface area contributed by atoms with Crippen LogP contribution >= 0.6 is 15.9 Å². The van der Waals surface area contributed by atoms with Crippen molar-refractivity contribution in [2.24, 2.45) is 11.8 Å². The van der Waals surface area contributed by atoms with Gasteiger partial charge in [0.1, 0.15) is 5.75 Å². The molecule has 0 spiro atoms. The first-order chi connectivity index (χ1) is 9.29. The van der Waals surface area contributed by atoms with Crippen molar-refractivity contribution in [3.05, 3.63) is 27.7 Å². The number of likely N-dealkylation sites (tertiary alicyclic amines) is 1. The Morgan fingerprint density at radius 3 is 2.84 bits per heavy atom. The molecule has 2 fully saturated rings. The lowest BCUT2D eigenvalue weighted by Crippen LogP contribution is -2.25. The lowest BCUT2D eigenvalue weighted by Gasteiger charge is -2.19. The van der Waals surface area contributed by atoms with Crippen LogP contribution in [0.4, 0.5) is 0 Å². The standard InChI is InChI=1S/C15H19BrN2O/c16-14-3-10-1-2-19-15(10)11(4-14)7-18-8-12-5-17-6-13(12)9-18/h3-4,12-13,17H,1-2,5-9H2. The van der Waals surface area contributed by atoms with E-state index in [0.717, 1.165) is 37.2 Å².